The molecule has 0 saturated carbocycles. The van der Waals surface area contributed by atoms with Crippen LogP contribution in [0.5, 0.6) is 0 Å². The van der Waals surface area contributed by atoms with Crippen LogP contribution in [-0.2, 0) is 5.41 Å². The van der Waals surface area contributed by atoms with E-state index in [4.69, 9.17) is 0 Å². The number of aromatic nitrogens is 2. The van der Waals surface area contributed by atoms with Crippen LogP contribution in [0.4, 0.5) is 19.1 Å². The highest BCUT2D eigenvalue weighted by atomic mass is 19.4. The van der Waals surface area contributed by atoms with Crippen LogP contribution in [0.2, 0.25) is 0 Å². The minimum atomic E-state index is -4.21. The van der Waals surface area contributed by atoms with E-state index in [2.05, 4.69) is 53.7 Å². The van der Waals surface area contributed by atoms with Crippen molar-refractivity contribution in [3.05, 3.63) is 65.5 Å². The van der Waals surface area contributed by atoms with E-state index in [0.717, 1.165) is 34.5 Å². The molecule has 0 unspecified atom stereocenters. The Morgan fingerprint density at radius 2 is 2.03 bits per heavy atom. The molecule has 1 aliphatic rings. The Morgan fingerprint density at radius 1 is 1.31 bits per heavy atom. The van der Waals surface area contributed by atoms with E-state index in [1.165, 1.54) is 5.56 Å². The Labute approximate surface area is 169 Å². The summed E-state index contributed by atoms with van der Waals surface area (Å²) in [6, 6.07) is 6.15. The molecular weight excluding hydrogens is 377 g/mol. The van der Waals surface area contributed by atoms with Crippen LogP contribution in [-0.4, -0.2) is 29.2 Å². The number of rotatable bonds is 5. The van der Waals surface area contributed by atoms with Crippen LogP contribution < -0.4 is 10.6 Å². The zero-order valence-electron chi connectivity index (χ0n) is 16.9. The van der Waals surface area contributed by atoms with Crippen molar-refractivity contribution < 1.29 is 13.2 Å². The van der Waals surface area contributed by atoms with Gasteiger partial charge in [0.15, 0.2) is 0 Å². The molecule has 0 radical (unpaired) electrons. The Bertz CT molecular complexity index is 961. The van der Waals surface area contributed by atoms with Crippen LogP contribution in [0.25, 0.3) is 11.3 Å². The molecule has 7 heteroatoms. The fourth-order valence-corrected chi connectivity index (χ4v) is 3.39. The summed E-state index contributed by atoms with van der Waals surface area (Å²) < 4.78 is 36.9. The van der Waals surface area contributed by atoms with E-state index in [0.29, 0.717) is 5.69 Å². The minimum Gasteiger partial charge on any atom is -0.384 e. The summed E-state index contributed by atoms with van der Waals surface area (Å²) in [7, 11) is 0. The number of fused-ring (bicyclic) bond motifs is 1. The number of benzene rings is 1. The zero-order chi connectivity index (χ0) is 21.4. The van der Waals surface area contributed by atoms with Gasteiger partial charge < -0.3 is 10.6 Å². The van der Waals surface area contributed by atoms with E-state index in [9.17, 15) is 13.2 Å². The number of hydrogen-bond donors (Lipinski definition) is 2. The molecule has 2 heterocycles. The highest BCUT2D eigenvalue weighted by molar-refractivity contribution is 5.81. The lowest BCUT2D eigenvalue weighted by atomic mass is 9.77. The number of halogens is 3. The molecule has 3 rings (SSSR count). The molecule has 1 aromatic carbocycles. The third-order valence-corrected chi connectivity index (χ3v) is 5.16. The molecule has 2 aromatic rings. The molecule has 1 aliphatic heterocycles. The van der Waals surface area contributed by atoms with Crippen molar-refractivity contribution in [2.45, 2.75) is 38.8 Å². The topological polar surface area (TPSA) is 49.8 Å². The molecule has 29 heavy (non-hydrogen) atoms. The summed E-state index contributed by atoms with van der Waals surface area (Å²) in [6.07, 6.45) is -3.54. The molecule has 0 amide bonds. The molecule has 154 valence electrons. The molecule has 1 aromatic heterocycles. The average Bonchev–Trinajstić information content (AvgIpc) is 2.63. The van der Waals surface area contributed by atoms with E-state index < -0.39 is 12.6 Å². The van der Waals surface area contributed by atoms with Crippen LogP contribution >= 0.6 is 0 Å². The lowest BCUT2D eigenvalue weighted by molar-refractivity contribution is -0.131. The highest BCUT2D eigenvalue weighted by Gasteiger charge is 2.29. The molecule has 0 bridgehead atoms. The highest BCUT2D eigenvalue weighted by Crippen LogP contribution is 2.36. The van der Waals surface area contributed by atoms with Gasteiger partial charge in [-0.25, -0.2) is 9.97 Å². The number of hydrogen-bond acceptors (Lipinski definition) is 4. The van der Waals surface area contributed by atoms with Crippen molar-refractivity contribution in [2.24, 2.45) is 0 Å². The van der Waals surface area contributed by atoms with E-state index in [1.54, 1.807) is 13.1 Å². The maximum Gasteiger partial charge on any atom is 0.390 e. The molecule has 0 fully saturated rings. The Kier molecular flexibility index (Phi) is 5.43. The molecule has 0 spiro atoms. The van der Waals surface area contributed by atoms with Gasteiger partial charge in [-0.2, -0.15) is 13.2 Å². The molecule has 2 N–H and O–H groups in total. The van der Waals surface area contributed by atoms with Crippen LogP contribution in [0.1, 0.15) is 48.2 Å². The Morgan fingerprint density at radius 3 is 2.69 bits per heavy atom. The van der Waals surface area contributed by atoms with Gasteiger partial charge in [-0.05, 0) is 29.7 Å². The second-order valence-corrected chi connectivity index (χ2v) is 7.94. The number of nitrogens with zero attached hydrogens (tertiary/aromatic N) is 2. The number of anilines is 1. The summed E-state index contributed by atoms with van der Waals surface area (Å²) in [5, 5.41) is 5.95. The van der Waals surface area contributed by atoms with E-state index >= 15 is 0 Å². The van der Waals surface area contributed by atoms with Crippen molar-refractivity contribution in [3.8, 4) is 0 Å². The lowest BCUT2D eigenvalue weighted by Gasteiger charge is -2.35. The third kappa shape index (κ3) is 4.60. The van der Waals surface area contributed by atoms with Gasteiger partial charge in [-0.1, -0.05) is 39.1 Å². The van der Waals surface area contributed by atoms with Crippen LogP contribution in [0.3, 0.4) is 0 Å². The van der Waals surface area contributed by atoms with Crippen molar-refractivity contribution >= 4 is 17.2 Å². The second-order valence-electron chi connectivity index (χ2n) is 7.94. The molecule has 0 saturated heterocycles. The largest absolute Gasteiger partial charge is 0.390 e. The van der Waals surface area contributed by atoms with Crippen molar-refractivity contribution in [1.82, 2.24) is 15.3 Å². The zero-order valence-corrected chi connectivity index (χ0v) is 16.9. The Hall–Kier alpha value is -2.83. The fraction of sp³-hybridized carbons (Fsp3) is 0.364. The molecular formula is C22H25F3N4. The molecule has 0 aliphatic carbocycles. The van der Waals surface area contributed by atoms with E-state index in [1.807, 2.05) is 12.1 Å². The van der Waals surface area contributed by atoms with Gasteiger partial charge in [0, 0.05) is 41.5 Å². The summed E-state index contributed by atoms with van der Waals surface area (Å²) in [5.41, 5.74) is 6.29. The number of nitrogens with one attached hydrogen (secondary N) is 2. The summed E-state index contributed by atoms with van der Waals surface area (Å²) >= 11 is 0. The first-order valence-corrected chi connectivity index (χ1v) is 9.39. The number of aryl methyl sites for hydroxylation is 1. The van der Waals surface area contributed by atoms with Crippen LogP contribution in [0, 0.1) is 6.92 Å². The first-order valence-electron chi connectivity index (χ1n) is 9.39. The van der Waals surface area contributed by atoms with Gasteiger partial charge in [0.05, 0.1) is 12.1 Å². The summed E-state index contributed by atoms with van der Waals surface area (Å²) in [6.45, 7) is 15.0. The Balaban J connectivity index is 1.83. The lowest BCUT2D eigenvalue weighted by Crippen LogP contribution is -2.37. The average molecular weight is 402 g/mol. The minimum absolute atomic E-state index is 0.0510. The van der Waals surface area contributed by atoms with Crippen molar-refractivity contribution in [3.63, 3.8) is 0 Å². The SMILES string of the molecule is C=C1NCC(C)(C)c2cc(C(=C)c3cnc(NCCC(F)(F)F)nc3C)ccc21. The maximum absolute atomic E-state index is 12.3. The van der Waals surface area contributed by atoms with Gasteiger partial charge >= 0.3 is 6.18 Å². The van der Waals surface area contributed by atoms with Gasteiger partial charge in [-0.3, -0.25) is 0 Å². The summed E-state index contributed by atoms with van der Waals surface area (Å²) in [5.74, 6) is 0.178. The first-order chi connectivity index (χ1) is 13.5. The fourth-order valence-electron chi connectivity index (χ4n) is 3.39. The smallest absolute Gasteiger partial charge is 0.384 e. The molecule has 0 atom stereocenters. The summed E-state index contributed by atoms with van der Waals surface area (Å²) in [4.78, 5) is 8.45. The van der Waals surface area contributed by atoms with E-state index in [-0.39, 0.29) is 17.9 Å². The van der Waals surface area contributed by atoms with Gasteiger partial charge in [0.25, 0.3) is 0 Å². The third-order valence-electron chi connectivity index (χ3n) is 5.16. The normalized spacial score (nSPS) is 15.4. The second kappa shape index (κ2) is 7.54. The van der Waals surface area contributed by atoms with Gasteiger partial charge in [0.1, 0.15) is 0 Å². The monoisotopic (exact) mass is 402 g/mol. The van der Waals surface area contributed by atoms with Crippen molar-refractivity contribution in [2.75, 3.05) is 18.4 Å². The first kappa shape index (κ1) is 20.9. The quantitative estimate of drug-likeness (QED) is 0.734. The molecule has 4 nitrogen and oxygen atoms in total. The van der Waals surface area contributed by atoms with Crippen molar-refractivity contribution in [1.29, 1.82) is 0 Å². The van der Waals surface area contributed by atoms with Gasteiger partial charge in [0.2, 0.25) is 5.95 Å². The predicted octanol–water partition coefficient (Wildman–Crippen LogP) is 5.06. The predicted molar refractivity (Wildman–Crippen MR) is 111 cm³/mol. The number of alkyl halides is 3. The standard InChI is InChI=1S/C22H25F3N4/c1-13(16-6-7-17-14(2)28-12-21(4,5)19(17)10-16)18-11-27-20(29-15(18)3)26-9-8-22(23,24)25/h6-7,10-11,28H,1-2,8-9,12H2,3-5H3,(H,26,27,29). The van der Waals surface area contributed by atoms with Crippen LogP contribution in [0.15, 0.2) is 37.6 Å². The van der Waals surface area contributed by atoms with Gasteiger partial charge in [-0.15, -0.1) is 0 Å². The maximum atomic E-state index is 12.3.